The number of halogens is 3. The van der Waals surface area contributed by atoms with Gasteiger partial charge in [0, 0.05) is 57.2 Å². The van der Waals surface area contributed by atoms with E-state index in [4.69, 9.17) is 0 Å². The van der Waals surface area contributed by atoms with Crippen molar-refractivity contribution in [3.63, 3.8) is 0 Å². The molecule has 1 aliphatic rings. The van der Waals surface area contributed by atoms with Crippen LogP contribution in [0.5, 0.6) is 0 Å². The summed E-state index contributed by atoms with van der Waals surface area (Å²) in [5.74, 6) is 0.842. The van der Waals surface area contributed by atoms with Gasteiger partial charge in [-0.25, -0.2) is 19.9 Å². The Hall–Kier alpha value is -2.91. The molecule has 0 aromatic carbocycles. The van der Waals surface area contributed by atoms with Crippen molar-refractivity contribution in [2.45, 2.75) is 25.1 Å². The Bertz CT molecular complexity index is 939. The molecule has 1 unspecified atom stereocenters. The second-order valence-corrected chi connectivity index (χ2v) is 6.50. The summed E-state index contributed by atoms with van der Waals surface area (Å²) in [6.07, 6.45) is 5.49. The minimum absolute atomic E-state index is 0.0285. The van der Waals surface area contributed by atoms with Crippen molar-refractivity contribution in [3.8, 4) is 0 Å². The molecule has 4 rings (SSSR count). The van der Waals surface area contributed by atoms with Crippen LogP contribution in [0, 0.1) is 0 Å². The lowest BCUT2D eigenvalue weighted by atomic mass is 10.0. The highest BCUT2D eigenvalue weighted by Crippen LogP contribution is 2.29. The van der Waals surface area contributed by atoms with Crippen LogP contribution in [-0.2, 0) is 6.18 Å². The molecule has 27 heavy (non-hydrogen) atoms. The normalized spacial score (nSPS) is 18.1. The molecule has 0 amide bonds. The molecule has 0 radical (unpaired) electrons. The molecular formula is C17H18F3N7. The highest BCUT2D eigenvalue weighted by atomic mass is 19.4. The van der Waals surface area contributed by atoms with Gasteiger partial charge in [0.1, 0.15) is 5.69 Å². The van der Waals surface area contributed by atoms with Gasteiger partial charge in [-0.2, -0.15) is 13.2 Å². The Kier molecular flexibility index (Phi) is 4.33. The van der Waals surface area contributed by atoms with Crippen LogP contribution in [0.1, 0.15) is 18.5 Å². The number of nitrogens with zero attached hydrogens (tertiary/aromatic N) is 7. The second kappa shape index (κ2) is 6.67. The first kappa shape index (κ1) is 17.5. The third kappa shape index (κ3) is 3.38. The van der Waals surface area contributed by atoms with Crippen LogP contribution in [0.4, 0.5) is 24.9 Å². The lowest BCUT2D eigenvalue weighted by Crippen LogP contribution is -2.47. The first-order chi connectivity index (χ1) is 12.9. The summed E-state index contributed by atoms with van der Waals surface area (Å²) >= 11 is 0. The fourth-order valence-corrected chi connectivity index (χ4v) is 3.37. The van der Waals surface area contributed by atoms with Gasteiger partial charge >= 0.3 is 6.18 Å². The van der Waals surface area contributed by atoms with Crippen LogP contribution in [0.15, 0.2) is 37.1 Å². The Morgan fingerprint density at radius 1 is 1.11 bits per heavy atom. The largest absolute Gasteiger partial charge is 0.433 e. The van der Waals surface area contributed by atoms with Crippen molar-refractivity contribution in [1.82, 2.24) is 24.3 Å². The lowest BCUT2D eigenvalue weighted by molar-refractivity contribution is -0.141. The maximum Gasteiger partial charge on any atom is 0.433 e. The van der Waals surface area contributed by atoms with Gasteiger partial charge in [0.2, 0.25) is 5.95 Å². The Morgan fingerprint density at radius 2 is 1.89 bits per heavy atom. The molecule has 1 aliphatic heterocycles. The zero-order valence-corrected chi connectivity index (χ0v) is 14.6. The lowest BCUT2D eigenvalue weighted by Gasteiger charge is -2.38. The minimum Gasteiger partial charge on any atom is -0.351 e. The van der Waals surface area contributed by atoms with Crippen LogP contribution >= 0.6 is 0 Å². The molecule has 0 bridgehead atoms. The molecule has 0 saturated carbocycles. The van der Waals surface area contributed by atoms with Crippen molar-refractivity contribution >= 4 is 17.4 Å². The summed E-state index contributed by atoms with van der Waals surface area (Å²) in [6, 6.07) is 0.854. The standard InChI is InChI=1S/C17H18F3N7/c1-25(16-23-5-4-13(24-16)17(18,19)20)12-3-2-8-27(11-12)15-14-21-6-9-26(14)10-7-22-15/h4-7,9-10,12H,2-3,8,11H2,1H3. The molecule has 1 atom stereocenters. The maximum absolute atomic E-state index is 12.9. The number of fused-ring (bicyclic) bond motifs is 1. The van der Waals surface area contributed by atoms with E-state index < -0.39 is 11.9 Å². The minimum atomic E-state index is -4.49. The van der Waals surface area contributed by atoms with E-state index in [0.717, 1.165) is 43.1 Å². The summed E-state index contributed by atoms with van der Waals surface area (Å²) < 4.78 is 40.7. The number of piperidine rings is 1. The summed E-state index contributed by atoms with van der Waals surface area (Å²) in [4.78, 5) is 20.4. The smallest absolute Gasteiger partial charge is 0.351 e. The van der Waals surface area contributed by atoms with Gasteiger partial charge in [-0.15, -0.1) is 0 Å². The molecule has 10 heteroatoms. The zero-order chi connectivity index (χ0) is 19.0. The predicted molar refractivity (Wildman–Crippen MR) is 93.7 cm³/mol. The van der Waals surface area contributed by atoms with E-state index in [1.807, 2.05) is 16.8 Å². The Labute approximate surface area is 153 Å². The first-order valence-electron chi connectivity index (χ1n) is 8.59. The fourth-order valence-electron chi connectivity index (χ4n) is 3.37. The van der Waals surface area contributed by atoms with Crippen molar-refractivity contribution in [2.75, 3.05) is 29.9 Å². The van der Waals surface area contributed by atoms with Crippen LogP contribution in [-0.4, -0.2) is 50.5 Å². The van der Waals surface area contributed by atoms with E-state index in [0.29, 0.717) is 6.54 Å². The number of alkyl halides is 3. The molecule has 4 heterocycles. The maximum atomic E-state index is 12.9. The topological polar surface area (TPSA) is 62.5 Å². The van der Waals surface area contributed by atoms with Crippen molar-refractivity contribution < 1.29 is 13.2 Å². The second-order valence-electron chi connectivity index (χ2n) is 6.50. The average molecular weight is 377 g/mol. The summed E-state index contributed by atoms with van der Waals surface area (Å²) in [5, 5.41) is 0. The van der Waals surface area contributed by atoms with Gasteiger partial charge in [-0.3, -0.25) is 0 Å². The SMILES string of the molecule is CN(c1nccc(C(F)(F)F)n1)C1CCCN(c2nccn3ccnc23)C1. The van der Waals surface area contributed by atoms with Crippen molar-refractivity contribution in [2.24, 2.45) is 0 Å². The molecule has 7 nitrogen and oxygen atoms in total. The van der Waals surface area contributed by atoms with E-state index in [2.05, 4.69) is 24.8 Å². The number of hydrogen-bond acceptors (Lipinski definition) is 6. The third-order valence-corrected chi connectivity index (χ3v) is 4.79. The number of anilines is 2. The van der Waals surface area contributed by atoms with E-state index in [-0.39, 0.29) is 12.0 Å². The number of hydrogen-bond donors (Lipinski definition) is 0. The van der Waals surface area contributed by atoms with Gasteiger partial charge in [-0.1, -0.05) is 0 Å². The van der Waals surface area contributed by atoms with Crippen LogP contribution in [0.2, 0.25) is 0 Å². The van der Waals surface area contributed by atoms with Gasteiger partial charge < -0.3 is 14.2 Å². The summed E-state index contributed by atoms with van der Waals surface area (Å²) in [5.41, 5.74) is -0.174. The Morgan fingerprint density at radius 3 is 2.67 bits per heavy atom. The van der Waals surface area contributed by atoms with E-state index in [1.165, 1.54) is 0 Å². The van der Waals surface area contributed by atoms with Gasteiger partial charge in [-0.05, 0) is 18.9 Å². The number of aromatic nitrogens is 5. The number of likely N-dealkylation sites (N-methyl/N-ethyl adjacent to an activating group) is 1. The zero-order valence-electron chi connectivity index (χ0n) is 14.6. The predicted octanol–water partition coefficient (Wildman–Crippen LogP) is 2.64. The summed E-state index contributed by atoms with van der Waals surface area (Å²) in [7, 11) is 1.73. The molecule has 1 fully saturated rings. The molecule has 3 aromatic heterocycles. The first-order valence-corrected chi connectivity index (χ1v) is 8.59. The van der Waals surface area contributed by atoms with E-state index >= 15 is 0 Å². The van der Waals surface area contributed by atoms with Crippen molar-refractivity contribution in [3.05, 3.63) is 42.7 Å². The number of rotatable bonds is 3. The number of imidazole rings is 1. The van der Waals surface area contributed by atoms with Gasteiger partial charge in [0.25, 0.3) is 0 Å². The van der Waals surface area contributed by atoms with Crippen molar-refractivity contribution in [1.29, 1.82) is 0 Å². The molecule has 0 N–H and O–H groups in total. The van der Waals surface area contributed by atoms with E-state index in [9.17, 15) is 13.2 Å². The molecule has 0 aliphatic carbocycles. The van der Waals surface area contributed by atoms with Crippen LogP contribution < -0.4 is 9.80 Å². The molecular weight excluding hydrogens is 359 g/mol. The Balaban J connectivity index is 1.57. The highest BCUT2D eigenvalue weighted by Gasteiger charge is 2.34. The highest BCUT2D eigenvalue weighted by molar-refractivity contribution is 5.64. The quantitative estimate of drug-likeness (QED) is 0.699. The van der Waals surface area contributed by atoms with Crippen LogP contribution in [0.3, 0.4) is 0 Å². The molecule has 3 aromatic rings. The van der Waals surface area contributed by atoms with E-state index in [1.54, 1.807) is 24.3 Å². The summed E-state index contributed by atoms with van der Waals surface area (Å²) in [6.45, 7) is 1.42. The van der Waals surface area contributed by atoms with Gasteiger partial charge in [0.15, 0.2) is 11.5 Å². The molecule has 1 saturated heterocycles. The fraction of sp³-hybridized carbons (Fsp3) is 0.412. The average Bonchev–Trinajstić information content (AvgIpc) is 3.16. The molecule has 0 spiro atoms. The monoisotopic (exact) mass is 377 g/mol. The van der Waals surface area contributed by atoms with Gasteiger partial charge in [0.05, 0.1) is 0 Å². The molecule has 142 valence electrons. The third-order valence-electron chi connectivity index (χ3n) is 4.79. The van der Waals surface area contributed by atoms with Crippen LogP contribution in [0.25, 0.3) is 5.65 Å².